The number of fused-ring (bicyclic) bond motifs is 1. The third-order valence-electron chi connectivity index (χ3n) is 3.93. The number of carbonyl (C=O) groups excluding carboxylic acids is 1. The fourth-order valence-corrected chi connectivity index (χ4v) is 2.71. The number of ketones is 1. The second kappa shape index (κ2) is 6.40. The van der Waals surface area contributed by atoms with Crippen molar-refractivity contribution < 1.29 is 32.3 Å². The Kier molecular flexibility index (Phi) is 4.33. The van der Waals surface area contributed by atoms with E-state index in [1.54, 1.807) is 0 Å². The summed E-state index contributed by atoms with van der Waals surface area (Å²) >= 11 is 0. The number of alkyl halides is 3. The molecule has 0 atom stereocenters. The van der Waals surface area contributed by atoms with Gasteiger partial charge in [0.25, 0.3) is 11.4 Å². The fourth-order valence-electron chi connectivity index (χ4n) is 2.71. The lowest BCUT2D eigenvalue weighted by Crippen LogP contribution is -2.08. The van der Waals surface area contributed by atoms with Gasteiger partial charge in [0.2, 0.25) is 0 Å². The molecule has 0 saturated carbocycles. The first-order valence-corrected chi connectivity index (χ1v) is 7.45. The van der Waals surface area contributed by atoms with Crippen LogP contribution in [0.4, 0.5) is 24.5 Å². The van der Waals surface area contributed by atoms with Crippen LogP contribution in [0.5, 0.6) is 0 Å². The predicted octanol–water partition coefficient (Wildman–Crippen LogP) is 4.53. The number of hydrogen-bond donors (Lipinski definition) is 0. The van der Waals surface area contributed by atoms with Gasteiger partial charge in [-0.3, -0.25) is 25.0 Å². The number of aromatic nitrogens is 1. The highest BCUT2D eigenvalue weighted by atomic mass is 19.4. The Labute approximate surface area is 152 Å². The highest BCUT2D eigenvalue weighted by Gasteiger charge is 2.37. The minimum atomic E-state index is -5.02. The Morgan fingerprint density at radius 1 is 1.07 bits per heavy atom. The van der Waals surface area contributed by atoms with E-state index >= 15 is 0 Å². The summed E-state index contributed by atoms with van der Waals surface area (Å²) in [5, 5.41) is 25.7. The molecule has 0 saturated heterocycles. The van der Waals surface area contributed by atoms with Crippen molar-refractivity contribution in [3.05, 3.63) is 61.8 Å². The van der Waals surface area contributed by atoms with E-state index in [2.05, 4.69) is 5.16 Å². The van der Waals surface area contributed by atoms with E-state index in [4.69, 9.17) is 4.52 Å². The zero-order valence-corrected chi connectivity index (χ0v) is 13.8. The molecular weight excluding hydrogens is 387 g/mol. The van der Waals surface area contributed by atoms with E-state index in [-0.39, 0.29) is 16.7 Å². The maximum atomic E-state index is 13.5. The van der Waals surface area contributed by atoms with E-state index in [1.807, 2.05) is 0 Å². The molecule has 9 nitrogen and oxygen atoms in total. The van der Waals surface area contributed by atoms with Crippen LogP contribution in [-0.2, 0) is 6.18 Å². The molecule has 12 heteroatoms. The Bertz CT molecular complexity index is 1150. The Hall–Kier alpha value is -3.83. The molecule has 1 aromatic heterocycles. The molecule has 3 rings (SSSR count). The van der Waals surface area contributed by atoms with E-state index in [0.29, 0.717) is 6.07 Å². The fraction of sp³-hybridized carbons (Fsp3) is 0.125. The summed E-state index contributed by atoms with van der Waals surface area (Å²) in [6, 6.07) is 3.71. The lowest BCUT2D eigenvalue weighted by atomic mass is 9.95. The SMILES string of the molecule is CC(=O)c1noc2cc(-c3ccc([N+](=O)[O-])cc3C(F)(F)F)c([N+](=O)[O-])cc12. The van der Waals surface area contributed by atoms with Crippen molar-refractivity contribution in [2.75, 3.05) is 0 Å². The molecule has 0 aliphatic carbocycles. The first-order valence-electron chi connectivity index (χ1n) is 7.45. The summed E-state index contributed by atoms with van der Waals surface area (Å²) in [5.41, 5.74) is -4.45. The number of benzene rings is 2. The van der Waals surface area contributed by atoms with Gasteiger partial charge in [0.1, 0.15) is 0 Å². The van der Waals surface area contributed by atoms with Crippen LogP contribution in [0.25, 0.3) is 22.1 Å². The lowest BCUT2D eigenvalue weighted by Gasteiger charge is -2.13. The topological polar surface area (TPSA) is 129 Å². The van der Waals surface area contributed by atoms with Crippen molar-refractivity contribution in [1.82, 2.24) is 5.16 Å². The van der Waals surface area contributed by atoms with Crippen LogP contribution in [0.3, 0.4) is 0 Å². The third kappa shape index (κ3) is 3.15. The summed E-state index contributed by atoms with van der Waals surface area (Å²) in [6.07, 6.45) is -5.02. The maximum Gasteiger partial charge on any atom is 0.417 e. The molecule has 0 amide bonds. The predicted molar refractivity (Wildman–Crippen MR) is 87.8 cm³/mol. The number of Topliss-reactive ketones (excluding diaryl/α,β-unsaturated/α-hetero) is 1. The van der Waals surface area contributed by atoms with Crippen LogP contribution < -0.4 is 0 Å². The number of carbonyl (C=O) groups is 1. The molecule has 0 fully saturated rings. The highest BCUT2D eigenvalue weighted by Crippen LogP contribution is 2.43. The zero-order valence-electron chi connectivity index (χ0n) is 13.8. The van der Waals surface area contributed by atoms with Gasteiger partial charge in [-0.2, -0.15) is 13.2 Å². The van der Waals surface area contributed by atoms with E-state index in [9.17, 15) is 38.2 Å². The number of rotatable bonds is 4. The molecule has 2 aromatic carbocycles. The van der Waals surface area contributed by atoms with Gasteiger partial charge in [0, 0.05) is 30.7 Å². The molecule has 0 spiro atoms. The first-order chi connectivity index (χ1) is 13.0. The number of halogens is 3. The second-order valence-corrected chi connectivity index (χ2v) is 5.69. The molecule has 0 radical (unpaired) electrons. The molecule has 0 bridgehead atoms. The number of non-ortho nitro benzene ring substituents is 1. The number of nitrogens with zero attached hydrogens (tertiary/aromatic N) is 3. The highest BCUT2D eigenvalue weighted by molar-refractivity contribution is 6.06. The second-order valence-electron chi connectivity index (χ2n) is 5.69. The molecule has 0 N–H and O–H groups in total. The maximum absolute atomic E-state index is 13.5. The van der Waals surface area contributed by atoms with E-state index in [0.717, 1.165) is 31.2 Å². The normalized spacial score (nSPS) is 11.6. The van der Waals surface area contributed by atoms with Crippen LogP contribution in [0.1, 0.15) is 23.0 Å². The molecule has 28 heavy (non-hydrogen) atoms. The summed E-state index contributed by atoms with van der Waals surface area (Å²) < 4.78 is 45.3. The first kappa shape index (κ1) is 18.9. The minimum absolute atomic E-state index is 0.0292. The quantitative estimate of drug-likeness (QED) is 0.360. The molecule has 3 aromatic rings. The van der Waals surface area contributed by atoms with Crippen molar-refractivity contribution in [1.29, 1.82) is 0 Å². The van der Waals surface area contributed by atoms with Crippen molar-refractivity contribution >= 4 is 28.1 Å². The van der Waals surface area contributed by atoms with Crippen molar-refractivity contribution in [3.63, 3.8) is 0 Å². The Morgan fingerprint density at radius 2 is 1.75 bits per heavy atom. The van der Waals surface area contributed by atoms with E-state index in [1.165, 1.54) is 0 Å². The van der Waals surface area contributed by atoms with Gasteiger partial charge < -0.3 is 4.52 Å². The van der Waals surface area contributed by atoms with Gasteiger partial charge >= 0.3 is 6.18 Å². The smallest absolute Gasteiger partial charge is 0.356 e. The molecule has 144 valence electrons. The number of nitro groups is 2. The van der Waals surface area contributed by atoms with Crippen LogP contribution in [0, 0.1) is 20.2 Å². The van der Waals surface area contributed by atoms with Crippen molar-refractivity contribution in [2.24, 2.45) is 0 Å². The van der Waals surface area contributed by atoms with Crippen molar-refractivity contribution in [2.45, 2.75) is 13.1 Å². The zero-order chi connectivity index (χ0) is 20.8. The number of nitro benzene ring substituents is 2. The van der Waals surface area contributed by atoms with E-state index < -0.39 is 49.9 Å². The van der Waals surface area contributed by atoms with Gasteiger partial charge in [-0.05, 0) is 12.1 Å². The van der Waals surface area contributed by atoms with Gasteiger partial charge in [-0.15, -0.1) is 0 Å². The van der Waals surface area contributed by atoms with Crippen LogP contribution in [0.2, 0.25) is 0 Å². The molecule has 0 aliphatic rings. The van der Waals surface area contributed by atoms with Gasteiger partial charge in [0.15, 0.2) is 17.1 Å². The standard InChI is InChI=1S/C16H8F3N3O6/c1-7(23)15-11-5-13(22(26)27)10(6-14(11)28-20-15)9-3-2-8(21(24)25)4-12(9)16(17,18)19/h2-6H,1H3. The number of hydrogen-bond acceptors (Lipinski definition) is 7. The summed E-state index contributed by atoms with van der Waals surface area (Å²) in [5.74, 6) is -0.549. The summed E-state index contributed by atoms with van der Waals surface area (Å²) in [6.45, 7) is 1.15. The van der Waals surface area contributed by atoms with Gasteiger partial charge in [-0.1, -0.05) is 5.16 Å². The molecule has 0 aliphatic heterocycles. The van der Waals surface area contributed by atoms with Crippen LogP contribution in [0.15, 0.2) is 34.9 Å². The largest absolute Gasteiger partial charge is 0.417 e. The lowest BCUT2D eigenvalue weighted by molar-refractivity contribution is -0.385. The minimum Gasteiger partial charge on any atom is -0.356 e. The average Bonchev–Trinajstić information content (AvgIpc) is 3.02. The van der Waals surface area contributed by atoms with Gasteiger partial charge in [-0.25, -0.2) is 0 Å². The Balaban J connectivity index is 2.37. The van der Waals surface area contributed by atoms with Crippen LogP contribution in [-0.4, -0.2) is 20.8 Å². The van der Waals surface area contributed by atoms with Crippen LogP contribution >= 0.6 is 0 Å². The third-order valence-corrected chi connectivity index (χ3v) is 3.93. The van der Waals surface area contributed by atoms with Gasteiger partial charge in [0.05, 0.1) is 26.4 Å². The molecule has 0 unspecified atom stereocenters. The Morgan fingerprint density at radius 3 is 2.29 bits per heavy atom. The average molecular weight is 395 g/mol. The monoisotopic (exact) mass is 395 g/mol. The summed E-state index contributed by atoms with van der Waals surface area (Å²) in [7, 11) is 0. The molecule has 1 heterocycles. The summed E-state index contributed by atoms with van der Waals surface area (Å²) in [4.78, 5) is 31.9. The van der Waals surface area contributed by atoms with Crippen molar-refractivity contribution in [3.8, 4) is 11.1 Å². The molecular formula is C16H8F3N3O6.